The number of nitrogens with zero attached hydrogens (tertiary/aromatic N) is 1. The number of urea groups is 1. The van der Waals surface area contributed by atoms with Crippen LogP contribution in [0, 0.1) is 13.8 Å². The highest BCUT2D eigenvalue weighted by molar-refractivity contribution is 6.06. The second-order valence-corrected chi connectivity index (χ2v) is 5.32. The minimum atomic E-state index is -0.782. The van der Waals surface area contributed by atoms with Gasteiger partial charge in [-0.25, -0.2) is 4.79 Å². The van der Waals surface area contributed by atoms with Crippen molar-refractivity contribution in [3.8, 4) is 0 Å². The number of amides is 3. The summed E-state index contributed by atoms with van der Waals surface area (Å²) in [5.74, 6) is -0.240. The third kappa shape index (κ3) is 1.98. The molecule has 4 heteroatoms. The predicted octanol–water partition coefficient (Wildman–Crippen LogP) is 2.13. The molecule has 1 aliphatic rings. The Morgan fingerprint density at radius 3 is 2.33 bits per heavy atom. The number of nitrogens with one attached hydrogen (secondary N) is 1. The van der Waals surface area contributed by atoms with Gasteiger partial charge in [0.15, 0.2) is 0 Å². The number of hydrogen-bond donors (Lipinski definition) is 1. The zero-order valence-electron chi connectivity index (χ0n) is 11.2. The number of hydrogen-bond acceptors (Lipinski definition) is 2. The lowest BCUT2D eigenvalue weighted by molar-refractivity contribution is -0.125. The monoisotopic (exact) mass is 246 g/mol. The highest BCUT2D eigenvalue weighted by atomic mass is 16.2. The van der Waals surface area contributed by atoms with Crippen LogP contribution in [0.15, 0.2) is 18.2 Å². The maximum absolute atomic E-state index is 11.8. The molecule has 4 nitrogen and oxygen atoms in total. The van der Waals surface area contributed by atoms with Crippen LogP contribution >= 0.6 is 0 Å². The fourth-order valence-corrected chi connectivity index (χ4v) is 2.05. The minimum absolute atomic E-state index is 0.240. The summed E-state index contributed by atoms with van der Waals surface area (Å²) in [7, 11) is 0. The Morgan fingerprint density at radius 1 is 1.17 bits per heavy atom. The topological polar surface area (TPSA) is 49.4 Å². The van der Waals surface area contributed by atoms with E-state index < -0.39 is 5.54 Å². The molecule has 0 bridgehead atoms. The summed E-state index contributed by atoms with van der Waals surface area (Å²) in [5, 5.41) is 2.35. The van der Waals surface area contributed by atoms with E-state index in [0.717, 1.165) is 5.56 Å². The van der Waals surface area contributed by atoms with Crippen LogP contribution < -0.4 is 5.32 Å². The number of aryl methyl sites for hydroxylation is 2. The summed E-state index contributed by atoms with van der Waals surface area (Å²) in [4.78, 5) is 25.0. The van der Waals surface area contributed by atoms with Gasteiger partial charge in [-0.15, -0.1) is 0 Å². The standard InChI is InChI=1S/C14H18N2O2/c1-9-5-6-11(7-10(9)2)8-16-13(18)15-12(17)14(16,3)4/h5-7H,8H2,1-4H3,(H,15,17,18). The summed E-state index contributed by atoms with van der Waals surface area (Å²) in [6, 6.07) is 5.77. The van der Waals surface area contributed by atoms with Crippen LogP contribution in [0.25, 0.3) is 0 Å². The lowest BCUT2D eigenvalue weighted by Gasteiger charge is -2.28. The third-order valence-electron chi connectivity index (χ3n) is 3.61. The molecule has 0 aromatic heterocycles. The van der Waals surface area contributed by atoms with Gasteiger partial charge in [-0.3, -0.25) is 10.1 Å². The van der Waals surface area contributed by atoms with Crippen LogP contribution in [0.2, 0.25) is 0 Å². The van der Waals surface area contributed by atoms with Crippen molar-refractivity contribution in [1.29, 1.82) is 0 Å². The van der Waals surface area contributed by atoms with Gasteiger partial charge in [0.05, 0.1) is 0 Å². The van der Waals surface area contributed by atoms with Crippen molar-refractivity contribution in [2.75, 3.05) is 0 Å². The van der Waals surface area contributed by atoms with E-state index in [1.165, 1.54) is 11.1 Å². The summed E-state index contributed by atoms with van der Waals surface area (Å²) < 4.78 is 0. The Bertz CT molecular complexity index is 521. The Balaban J connectivity index is 2.26. The van der Waals surface area contributed by atoms with Gasteiger partial charge in [0.2, 0.25) is 0 Å². The number of imide groups is 1. The summed E-state index contributed by atoms with van der Waals surface area (Å²) in [6.07, 6.45) is 0. The fourth-order valence-electron chi connectivity index (χ4n) is 2.05. The quantitative estimate of drug-likeness (QED) is 0.813. The number of benzene rings is 1. The molecule has 1 heterocycles. The molecule has 0 spiro atoms. The second-order valence-electron chi connectivity index (χ2n) is 5.32. The van der Waals surface area contributed by atoms with Crippen molar-refractivity contribution in [3.63, 3.8) is 0 Å². The van der Waals surface area contributed by atoms with Gasteiger partial charge in [-0.05, 0) is 44.4 Å². The molecule has 0 radical (unpaired) electrons. The number of rotatable bonds is 2. The van der Waals surface area contributed by atoms with E-state index in [4.69, 9.17) is 0 Å². The largest absolute Gasteiger partial charge is 0.325 e. The zero-order chi connectivity index (χ0) is 13.5. The first kappa shape index (κ1) is 12.6. The molecular formula is C14H18N2O2. The van der Waals surface area contributed by atoms with E-state index >= 15 is 0 Å². The molecule has 96 valence electrons. The van der Waals surface area contributed by atoms with E-state index in [1.54, 1.807) is 18.7 Å². The van der Waals surface area contributed by atoms with Crippen molar-refractivity contribution in [2.24, 2.45) is 0 Å². The first-order chi connectivity index (χ1) is 8.32. The molecule has 1 N–H and O–H groups in total. The van der Waals surface area contributed by atoms with Crippen LogP contribution in [0.5, 0.6) is 0 Å². The van der Waals surface area contributed by atoms with Crippen LogP contribution in [-0.4, -0.2) is 22.4 Å². The van der Waals surface area contributed by atoms with Crippen LogP contribution in [0.4, 0.5) is 4.79 Å². The van der Waals surface area contributed by atoms with Gasteiger partial charge in [0, 0.05) is 6.54 Å². The van der Waals surface area contributed by atoms with Crippen molar-refractivity contribution < 1.29 is 9.59 Å². The molecule has 0 aliphatic carbocycles. The van der Waals surface area contributed by atoms with Gasteiger partial charge in [-0.2, -0.15) is 0 Å². The molecule has 1 aromatic carbocycles. The molecule has 1 fully saturated rings. The molecule has 2 rings (SSSR count). The van der Waals surface area contributed by atoms with Gasteiger partial charge in [0.25, 0.3) is 5.91 Å². The first-order valence-corrected chi connectivity index (χ1v) is 6.01. The Labute approximate surface area is 107 Å². The zero-order valence-corrected chi connectivity index (χ0v) is 11.2. The molecular weight excluding hydrogens is 228 g/mol. The van der Waals surface area contributed by atoms with Gasteiger partial charge in [0.1, 0.15) is 5.54 Å². The summed E-state index contributed by atoms with van der Waals surface area (Å²) in [6.45, 7) is 8.06. The van der Waals surface area contributed by atoms with Crippen LogP contribution in [-0.2, 0) is 11.3 Å². The molecule has 1 aromatic rings. The van der Waals surface area contributed by atoms with E-state index in [1.807, 2.05) is 19.1 Å². The molecule has 3 amide bonds. The lowest BCUT2D eigenvalue weighted by atomic mass is 10.0. The van der Waals surface area contributed by atoms with E-state index in [0.29, 0.717) is 6.54 Å². The normalized spacial score (nSPS) is 18.1. The Hall–Kier alpha value is -1.84. The van der Waals surface area contributed by atoms with Crippen molar-refractivity contribution in [3.05, 3.63) is 34.9 Å². The van der Waals surface area contributed by atoms with E-state index in [2.05, 4.69) is 18.3 Å². The van der Waals surface area contributed by atoms with E-state index in [-0.39, 0.29) is 11.9 Å². The molecule has 0 saturated carbocycles. The van der Waals surface area contributed by atoms with Gasteiger partial charge >= 0.3 is 6.03 Å². The Kier molecular flexibility index (Phi) is 2.89. The average molecular weight is 246 g/mol. The van der Waals surface area contributed by atoms with Gasteiger partial charge < -0.3 is 4.90 Å². The molecule has 18 heavy (non-hydrogen) atoms. The molecule has 1 aliphatic heterocycles. The van der Waals surface area contributed by atoms with Crippen molar-refractivity contribution in [2.45, 2.75) is 39.8 Å². The van der Waals surface area contributed by atoms with Gasteiger partial charge in [-0.1, -0.05) is 18.2 Å². The minimum Gasteiger partial charge on any atom is -0.306 e. The van der Waals surface area contributed by atoms with Crippen molar-refractivity contribution in [1.82, 2.24) is 10.2 Å². The molecule has 1 saturated heterocycles. The fraction of sp³-hybridized carbons (Fsp3) is 0.429. The molecule has 0 unspecified atom stereocenters. The molecule has 0 atom stereocenters. The maximum Gasteiger partial charge on any atom is 0.325 e. The smallest absolute Gasteiger partial charge is 0.306 e. The third-order valence-corrected chi connectivity index (χ3v) is 3.61. The second kappa shape index (κ2) is 4.12. The maximum atomic E-state index is 11.8. The number of carbonyl (C=O) groups excluding carboxylic acids is 2. The average Bonchev–Trinajstić information content (AvgIpc) is 2.47. The highest BCUT2D eigenvalue weighted by Crippen LogP contribution is 2.24. The summed E-state index contributed by atoms with van der Waals surface area (Å²) >= 11 is 0. The Morgan fingerprint density at radius 2 is 1.83 bits per heavy atom. The summed E-state index contributed by atoms with van der Waals surface area (Å²) in [5.41, 5.74) is 2.67. The SMILES string of the molecule is Cc1ccc(CN2C(=O)NC(=O)C2(C)C)cc1C. The van der Waals surface area contributed by atoms with Crippen molar-refractivity contribution >= 4 is 11.9 Å². The predicted molar refractivity (Wildman–Crippen MR) is 69.1 cm³/mol. The van der Waals surface area contributed by atoms with E-state index in [9.17, 15) is 9.59 Å². The lowest BCUT2D eigenvalue weighted by Crippen LogP contribution is -2.43. The van der Waals surface area contributed by atoms with Crippen LogP contribution in [0.1, 0.15) is 30.5 Å². The highest BCUT2D eigenvalue weighted by Gasteiger charge is 2.45. The number of carbonyl (C=O) groups is 2. The van der Waals surface area contributed by atoms with Crippen LogP contribution in [0.3, 0.4) is 0 Å². The first-order valence-electron chi connectivity index (χ1n) is 6.01.